The molecule has 1 aromatic carbocycles. The highest BCUT2D eigenvalue weighted by Gasteiger charge is 2.28. The van der Waals surface area contributed by atoms with Crippen LogP contribution in [-0.2, 0) is 24.1 Å². The number of hydrogen-bond acceptors (Lipinski definition) is 3. The third-order valence-corrected chi connectivity index (χ3v) is 6.08. The molecule has 4 rings (SSSR count). The summed E-state index contributed by atoms with van der Waals surface area (Å²) in [5.74, 6) is 0.137. The van der Waals surface area contributed by atoms with Crippen molar-refractivity contribution in [2.45, 2.75) is 58.9 Å². The first-order valence-electron chi connectivity index (χ1n) is 10.4. The Morgan fingerprint density at radius 1 is 1.28 bits per heavy atom. The lowest BCUT2D eigenvalue weighted by molar-refractivity contribution is -0.133. The van der Waals surface area contributed by atoms with Gasteiger partial charge in [0, 0.05) is 35.6 Å². The molecule has 1 atom stereocenters. The first-order valence-corrected chi connectivity index (χ1v) is 10.4. The summed E-state index contributed by atoms with van der Waals surface area (Å²) in [4.78, 5) is 31.7. The van der Waals surface area contributed by atoms with E-state index in [1.165, 1.54) is 17.2 Å². The molecular formula is C23H28N4O2. The van der Waals surface area contributed by atoms with Crippen molar-refractivity contribution < 1.29 is 4.79 Å². The molecule has 1 N–H and O–H groups in total. The average molecular weight is 393 g/mol. The smallest absolute Gasteiger partial charge is 0.266 e. The first-order chi connectivity index (χ1) is 14.0. The average Bonchev–Trinajstić information content (AvgIpc) is 3.09. The summed E-state index contributed by atoms with van der Waals surface area (Å²) < 4.78 is 1.68. The lowest BCUT2D eigenvalue weighted by Gasteiger charge is -2.35. The van der Waals surface area contributed by atoms with E-state index < -0.39 is 0 Å². The number of nitrogens with one attached hydrogen (secondary N) is 1. The molecule has 6 nitrogen and oxygen atoms in total. The third-order valence-electron chi connectivity index (χ3n) is 6.08. The van der Waals surface area contributed by atoms with Crippen LogP contribution in [0.1, 0.15) is 47.8 Å². The van der Waals surface area contributed by atoms with E-state index in [0.717, 1.165) is 49.2 Å². The largest absolute Gasteiger partial charge is 0.339 e. The van der Waals surface area contributed by atoms with Crippen LogP contribution in [0, 0.1) is 13.8 Å². The monoisotopic (exact) mass is 392 g/mol. The Morgan fingerprint density at radius 2 is 2.03 bits per heavy atom. The highest BCUT2D eigenvalue weighted by molar-refractivity contribution is 5.80. The van der Waals surface area contributed by atoms with Crippen molar-refractivity contribution in [3.8, 4) is 0 Å². The van der Waals surface area contributed by atoms with Crippen LogP contribution >= 0.6 is 0 Å². The van der Waals surface area contributed by atoms with Gasteiger partial charge in [0.25, 0.3) is 5.56 Å². The molecular weight excluding hydrogens is 364 g/mol. The van der Waals surface area contributed by atoms with Crippen molar-refractivity contribution in [2.75, 3.05) is 6.54 Å². The number of aromatic amines is 1. The van der Waals surface area contributed by atoms with Crippen LogP contribution in [0.4, 0.5) is 0 Å². The highest BCUT2D eigenvalue weighted by Crippen LogP contribution is 2.26. The van der Waals surface area contributed by atoms with E-state index in [4.69, 9.17) is 0 Å². The van der Waals surface area contributed by atoms with Gasteiger partial charge in [0.1, 0.15) is 0 Å². The molecule has 29 heavy (non-hydrogen) atoms. The maximum Gasteiger partial charge on any atom is 0.266 e. The molecule has 1 aliphatic rings. The molecule has 0 spiro atoms. The van der Waals surface area contributed by atoms with Crippen LogP contribution in [0.25, 0.3) is 5.65 Å². The number of fused-ring (bicyclic) bond motifs is 2. The Balaban J connectivity index is 1.60. The van der Waals surface area contributed by atoms with Crippen LogP contribution in [0.3, 0.4) is 0 Å². The zero-order valence-electron chi connectivity index (χ0n) is 17.4. The zero-order chi connectivity index (χ0) is 20.5. The summed E-state index contributed by atoms with van der Waals surface area (Å²) >= 11 is 0. The van der Waals surface area contributed by atoms with Crippen LogP contribution in [0.2, 0.25) is 0 Å². The molecule has 2 heterocycles. The fourth-order valence-electron chi connectivity index (χ4n) is 4.56. The summed E-state index contributed by atoms with van der Waals surface area (Å²) in [7, 11) is 0. The van der Waals surface area contributed by atoms with E-state index >= 15 is 0 Å². The third kappa shape index (κ3) is 3.71. The number of aryl methyl sites for hydroxylation is 3. The quantitative estimate of drug-likeness (QED) is 0.726. The number of rotatable bonds is 5. The number of aromatic nitrogens is 3. The van der Waals surface area contributed by atoms with Gasteiger partial charge in [-0.15, -0.1) is 0 Å². The molecule has 0 fully saturated rings. The molecule has 0 bridgehead atoms. The summed E-state index contributed by atoms with van der Waals surface area (Å²) in [5, 5.41) is 2.77. The topological polar surface area (TPSA) is 70.5 Å². The van der Waals surface area contributed by atoms with Gasteiger partial charge in [0.2, 0.25) is 5.91 Å². The van der Waals surface area contributed by atoms with Crippen molar-refractivity contribution in [1.29, 1.82) is 0 Å². The zero-order valence-corrected chi connectivity index (χ0v) is 17.4. The molecule has 6 heteroatoms. The number of H-pyrrole nitrogens is 1. The van der Waals surface area contributed by atoms with E-state index in [-0.39, 0.29) is 17.5 Å². The fraction of sp³-hybridized carbons (Fsp3) is 0.435. The SMILES string of the molecule is CCCN(C(=O)Cc1c(C)nc2cc(=O)[nH]n2c1C)C1CCc2ccccc2C1. The van der Waals surface area contributed by atoms with Gasteiger partial charge in [-0.25, -0.2) is 9.50 Å². The number of hydrogen-bond donors (Lipinski definition) is 1. The van der Waals surface area contributed by atoms with Gasteiger partial charge in [0.05, 0.1) is 6.42 Å². The van der Waals surface area contributed by atoms with Crippen molar-refractivity contribution in [1.82, 2.24) is 19.5 Å². The molecule has 0 aliphatic heterocycles. The van der Waals surface area contributed by atoms with E-state index in [0.29, 0.717) is 12.1 Å². The Bertz CT molecular complexity index is 1110. The van der Waals surface area contributed by atoms with E-state index in [1.807, 2.05) is 13.8 Å². The summed E-state index contributed by atoms with van der Waals surface area (Å²) in [6, 6.07) is 10.3. The standard InChI is InChI=1S/C23H28N4O2/c1-4-11-26(19-10-9-17-7-5-6-8-18(17)12-19)23(29)13-20-15(2)24-21-14-22(28)25-27(21)16(20)3/h5-8,14,19H,4,9-13H2,1-3H3,(H,25,28). The summed E-state index contributed by atoms with van der Waals surface area (Å²) in [6.07, 6.45) is 4.18. The maximum atomic E-state index is 13.4. The fourth-order valence-corrected chi connectivity index (χ4v) is 4.56. The summed E-state index contributed by atoms with van der Waals surface area (Å²) in [5.41, 5.74) is 5.75. The number of nitrogens with zero attached hydrogens (tertiary/aromatic N) is 3. The van der Waals surface area contributed by atoms with E-state index in [1.54, 1.807) is 4.52 Å². The van der Waals surface area contributed by atoms with E-state index in [2.05, 4.69) is 46.2 Å². The maximum absolute atomic E-state index is 13.4. The Morgan fingerprint density at radius 3 is 2.79 bits per heavy atom. The molecule has 3 aromatic rings. The summed E-state index contributed by atoms with van der Waals surface area (Å²) in [6.45, 7) is 6.72. The molecule has 0 saturated carbocycles. The van der Waals surface area contributed by atoms with Crippen LogP contribution in [0.15, 0.2) is 35.1 Å². The number of carbonyl (C=O) groups excluding carboxylic acids is 1. The Kier molecular flexibility index (Phi) is 5.26. The lowest BCUT2D eigenvalue weighted by Crippen LogP contribution is -2.44. The second kappa shape index (κ2) is 7.85. The van der Waals surface area contributed by atoms with E-state index in [9.17, 15) is 9.59 Å². The van der Waals surface area contributed by atoms with Gasteiger partial charge >= 0.3 is 0 Å². The first kappa shape index (κ1) is 19.4. The molecule has 1 amide bonds. The van der Waals surface area contributed by atoms with Crippen LogP contribution in [0.5, 0.6) is 0 Å². The van der Waals surface area contributed by atoms with Crippen molar-refractivity contribution >= 4 is 11.6 Å². The van der Waals surface area contributed by atoms with Crippen molar-refractivity contribution in [3.63, 3.8) is 0 Å². The van der Waals surface area contributed by atoms with Crippen molar-refractivity contribution in [2.24, 2.45) is 0 Å². The normalized spacial score (nSPS) is 16.0. The molecule has 1 unspecified atom stereocenters. The minimum atomic E-state index is -0.183. The predicted octanol–water partition coefficient (Wildman–Crippen LogP) is 2.98. The van der Waals surface area contributed by atoms with Crippen molar-refractivity contribution in [3.05, 3.63) is 68.8 Å². The Labute approximate surface area is 170 Å². The molecule has 2 aromatic heterocycles. The predicted molar refractivity (Wildman–Crippen MR) is 113 cm³/mol. The number of carbonyl (C=O) groups is 1. The van der Waals surface area contributed by atoms with Gasteiger partial charge < -0.3 is 4.90 Å². The number of amides is 1. The van der Waals surface area contributed by atoms with Gasteiger partial charge in [-0.3, -0.25) is 14.7 Å². The second-order valence-corrected chi connectivity index (χ2v) is 8.00. The lowest BCUT2D eigenvalue weighted by atomic mass is 9.87. The minimum Gasteiger partial charge on any atom is -0.339 e. The van der Waals surface area contributed by atoms with Crippen LogP contribution in [-0.4, -0.2) is 38.0 Å². The second-order valence-electron chi connectivity index (χ2n) is 8.00. The molecule has 0 radical (unpaired) electrons. The minimum absolute atomic E-state index is 0.137. The van der Waals surface area contributed by atoms with Gasteiger partial charge in [-0.2, -0.15) is 0 Å². The molecule has 152 valence electrons. The molecule has 1 aliphatic carbocycles. The highest BCUT2D eigenvalue weighted by atomic mass is 16.2. The number of benzene rings is 1. The molecule has 0 saturated heterocycles. The van der Waals surface area contributed by atoms with Gasteiger partial charge in [0.15, 0.2) is 5.65 Å². The Hall–Kier alpha value is -2.89. The van der Waals surface area contributed by atoms with Gasteiger partial charge in [-0.1, -0.05) is 31.2 Å². The van der Waals surface area contributed by atoms with Gasteiger partial charge in [-0.05, 0) is 50.7 Å². The van der Waals surface area contributed by atoms with Crippen LogP contribution < -0.4 is 5.56 Å².